The zero-order chi connectivity index (χ0) is 13.1. The van der Waals surface area contributed by atoms with Crippen molar-refractivity contribution in [1.29, 1.82) is 0 Å². The summed E-state index contributed by atoms with van der Waals surface area (Å²) < 4.78 is 9.43. The summed E-state index contributed by atoms with van der Waals surface area (Å²) >= 11 is 0. The van der Waals surface area contributed by atoms with Gasteiger partial charge in [0.1, 0.15) is 0 Å². The Hall–Kier alpha value is -2.16. The highest BCUT2D eigenvalue weighted by molar-refractivity contribution is 5.99. The third-order valence-electron chi connectivity index (χ3n) is 2.41. The SMILES string of the molecule is CC(=O)Nc1no[n+]([O-])c1C(=O)N1CCOCC1. The maximum atomic E-state index is 12.1. The van der Waals surface area contributed by atoms with E-state index in [1.807, 2.05) is 0 Å². The molecule has 0 radical (unpaired) electrons. The summed E-state index contributed by atoms with van der Waals surface area (Å²) in [6, 6.07) is 0. The van der Waals surface area contributed by atoms with Crippen molar-refractivity contribution in [3.05, 3.63) is 10.9 Å². The Morgan fingerprint density at radius 3 is 2.72 bits per heavy atom. The molecule has 0 aromatic carbocycles. The van der Waals surface area contributed by atoms with Crippen LogP contribution in [0.25, 0.3) is 0 Å². The van der Waals surface area contributed by atoms with Gasteiger partial charge in [0.15, 0.2) is 0 Å². The van der Waals surface area contributed by atoms with Crippen molar-refractivity contribution in [1.82, 2.24) is 10.1 Å². The fraction of sp³-hybridized carbons (Fsp3) is 0.556. The molecule has 1 fully saturated rings. The summed E-state index contributed by atoms with van der Waals surface area (Å²) in [5.74, 6) is -1.16. The molecule has 1 N–H and O–H groups in total. The first-order valence-corrected chi connectivity index (χ1v) is 5.34. The largest absolute Gasteiger partial charge is 0.378 e. The Labute approximate surface area is 102 Å². The summed E-state index contributed by atoms with van der Waals surface area (Å²) in [6.45, 7) is 2.82. The fourth-order valence-corrected chi connectivity index (χ4v) is 1.59. The monoisotopic (exact) mass is 256 g/mol. The van der Waals surface area contributed by atoms with E-state index in [2.05, 4.69) is 15.1 Å². The van der Waals surface area contributed by atoms with Crippen molar-refractivity contribution >= 4 is 17.6 Å². The number of hydrogen-bond donors (Lipinski definition) is 1. The molecular weight excluding hydrogens is 244 g/mol. The van der Waals surface area contributed by atoms with Crippen LogP contribution < -0.4 is 10.2 Å². The Bertz CT molecular complexity index is 466. The zero-order valence-electron chi connectivity index (χ0n) is 9.71. The Morgan fingerprint density at radius 2 is 2.11 bits per heavy atom. The number of morpholine rings is 1. The molecule has 2 amide bonds. The summed E-state index contributed by atoms with van der Waals surface area (Å²) in [5, 5.41) is 17.0. The van der Waals surface area contributed by atoms with Crippen LogP contribution in [0.15, 0.2) is 4.63 Å². The maximum absolute atomic E-state index is 12.1. The molecule has 9 heteroatoms. The second kappa shape index (κ2) is 5.00. The molecule has 0 aliphatic carbocycles. The lowest BCUT2D eigenvalue weighted by atomic mass is 10.3. The minimum absolute atomic E-state index is 0.0108. The zero-order valence-corrected chi connectivity index (χ0v) is 9.71. The molecular formula is C9H12N4O5. The van der Waals surface area contributed by atoms with Crippen LogP contribution in [0.5, 0.6) is 0 Å². The van der Waals surface area contributed by atoms with Crippen molar-refractivity contribution in [3.8, 4) is 0 Å². The van der Waals surface area contributed by atoms with E-state index in [-0.39, 0.29) is 16.4 Å². The van der Waals surface area contributed by atoms with E-state index in [1.54, 1.807) is 0 Å². The van der Waals surface area contributed by atoms with Gasteiger partial charge in [-0.15, -0.1) is 0 Å². The summed E-state index contributed by atoms with van der Waals surface area (Å²) in [6.07, 6.45) is 0. The quantitative estimate of drug-likeness (QED) is 0.661. The molecule has 1 aromatic rings. The number of hydrogen-bond acceptors (Lipinski definition) is 6. The predicted octanol–water partition coefficient (Wildman–Crippen LogP) is -1.26. The van der Waals surface area contributed by atoms with E-state index in [0.717, 1.165) is 0 Å². The smallest absolute Gasteiger partial charge is 0.327 e. The normalized spacial score (nSPS) is 15.5. The van der Waals surface area contributed by atoms with E-state index in [1.165, 1.54) is 11.8 Å². The van der Waals surface area contributed by atoms with Gasteiger partial charge in [-0.25, -0.2) is 0 Å². The van der Waals surface area contributed by atoms with Gasteiger partial charge in [0, 0.05) is 20.0 Å². The molecule has 2 rings (SSSR count). The molecule has 98 valence electrons. The van der Waals surface area contributed by atoms with Gasteiger partial charge in [-0.05, 0) is 4.90 Å². The minimum atomic E-state index is -0.543. The van der Waals surface area contributed by atoms with Crippen LogP contribution in [0.3, 0.4) is 0 Å². The molecule has 1 aromatic heterocycles. The van der Waals surface area contributed by atoms with Gasteiger partial charge in [0.05, 0.1) is 18.4 Å². The Morgan fingerprint density at radius 1 is 1.44 bits per heavy atom. The maximum Gasteiger partial charge on any atom is 0.327 e. The number of aromatic nitrogens is 2. The first-order chi connectivity index (χ1) is 8.59. The lowest BCUT2D eigenvalue weighted by Crippen LogP contribution is -2.45. The van der Waals surface area contributed by atoms with Gasteiger partial charge in [-0.3, -0.25) is 19.5 Å². The van der Waals surface area contributed by atoms with Crippen LogP contribution in [0.4, 0.5) is 5.82 Å². The molecule has 1 saturated heterocycles. The van der Waals surface area contributed by atoms with Crippen molar-refractivity contribution in [3.63, 3.8) is 0 Å². The van der Waals surface area contributed by atoms with Crippen LogP contribution in [0, 0.1) is 5.21 Å². The molecule has 9 nitrogen and oxygen atoms in total. The fourth-order valence-electron chi connectivity index (χ4n) is 1.59. The van der Waals surface area contributed by atoms with Crippen LogP contribution in [-0.2, 0) is 9.53 Å². The number of anilines is 1. The van der Waals surface area contributed by atoms with E-state index in [4.69, 9.17) is 4.74 Å². The lowest BCUT2D eigenvalue weighted by molar-refractivity contribution is -0.803. The average Bonchev–Trinajstić information content (AvgIpc) is 2.70. The lowest BCUT2D eigenvalue weighted by Gasteiger charge is -2.25. The minimum Gasteiger partial charge on any atom is -0.378 e. The average molecular weight is 256 g/mol. The van der Waals surface area contributed by atoms with Gasteiger partial charge in [-0.1, -0.05) is 0 Å². The van der Waals surface area contributed by atoms with Crippen molar-refractivity contribution in [2.75, 3.05) is 31.6 Å². The van der Waals surface area contributed by atoms with Crippen molar-refractivity contribution in [2.24, 2.45) is 0 Å². The molecule has 1 aliphatic rings. The van der Waals surface area contributed by atoms with Gasteiger partial charge >= 0.3 is 17.4 Å². The standard InChI is InChI=1S/C9H12N4O5/c1-6(14)10-8-7(13(16)18-11-8)9(15)12-2-4-17-5-3-12/h2-5H2,1H3,(H,10,11,14). The highest BCUT2D eigenvalue weighted by atomic mass is 16.8. The molecule has 0 atom stereocenters. The molecule has 2 heterocycles. The van der Waals surface area contributed by atoms with Gasteiger partial charge < -0.3 is 14.8 Å². The van der Waals surface area contributed by atoms with Crippen molar-refractivity contribution in [2.45, 2.75) is 6.92 Å². The second-order valence-corrected chi connectivity index (χ2v) is 3.71. The topological polar surface area (TPSA) is 112 Å². The molecule has 0 saturated carbocycles. The molecule has 18 heavy (non-hydrogen) atoms. The van der Waals surface area contributed by atoms with Crippen LogP contribution >= 0.6 is 0 Å². The number of amides is 2. The predicted molar refractivity (Wildman–Crippen MR) is 56.5 cm³/mol. The number of carbonyl (C=O) groups is 2. The second-order valence-electron chi connectivity index (χ2n) is 3.71. The van der Waals surface area contributed by atoms with Crippen LogP contribution in [0.1, 0.15) is 17.4 Å². The number of nitrogens with one attached hydrogen (secondary N) is 1. The summed E-state index contributed by atoms with van der Waals surface area (Å²) in [5.41, 5.74) is -0.327. The molecule has 0 spiro atoms. The summed E-state index contributed by atoms with van der Waals surface area (Å²) in [4.78, 5) is 24.4. The van der Waals surface area contributed by atoms with Gasteiger partial charge in [0.25, 0.3) is 0 Å². The number of rotatable bonds is 2. The summed E-state index contributed by atoms with van der Waals surface area (Å²) in [7, 11) is 0. The van der Waals surface area contributed by atoms with E-state index in [9.17, 15) is 14.8 Å². The van der Waals surface area contributed by atoms with Crippen molar-refractivity contribution < 1.29 is 23.9 Å². The third kappa shape index (κ3) is 2.40. The van der Waals surface area contributed by atoms with Gasteiger partial charge in [0.2, 0.25) is 5.91 Å². The highest BCUT2D eigenvalue weighted by Gasteiger charge is 2.32. The number of carbonyl (C=O) groups excluding carboxylic acids is 2. The van der Waals surface area contributed by atoms with E-state index >= 15 is 0 Å². The Balaban J connectivity index is 2.22. The molecule has 0 bridgehead atoms. The van der Waals surface area contributed by atoms with E-state index < -0.39 is 11.8 Å². The number of nitrogens with zero attached hydrogens (tertiary/aromatic N) is 3. The first-order valence-electron chi connectivity index (χ1n) is 5.34. The Kier molecular flexibility index (Phi) is 3.42. The van der Waals surface area contributed by atoms with Gasteiger partial charge in [-0.2, -0.15) is 0 Å². The van der Waals surface area contributed by atoms with E-state index in [0.29, 0.717) is 26.3 Å². The highest BCUT2D eigenvalue weighted by Crippen LogP contribution is 2.12. The molecule has 0 unspecified atom stereocenters. The van der Waals surface area contributed by atoms with Crippen LogP contribution in [0.2, 0.25) is 0 Å². The van der Waals surface area contributed by atoms with Crippen LogP contribution in [-0.4, -0.2) is 48.2 Å². The first kappa shape index (κ1) is 12.3. The molecule has 1 aliphatic heterocycles. The third-order valence-corrected chi connectivity index (χ3v) is 2.41. The number of ether oxygens (including phenoxy) is 1.